The van der Waals surface area contributed by atoms with Crippen molar-refractivity contribution in [1.29, 1.82) is 0 Å². The summed E-state index contributed by atoms with van der Waals surface area (Å²) in [6, 6.07) is 9.13. The summed E-state index contributed by atoms with van der Waals surface area (Å²) in [5, 5.41) is 0. The zero-order chi connectivity index (χ0) is 13.1. The Hall–Kier alpha value is -1.30. The van der Waals surface area contributed by atoms with Gasteiger partial charge in [-0.1, -0.05) is 55.5 Å². The first-order valence-corrected chi connectivity index (χ1v) is 7.81. The minimum Gasteiger partial charge on any atom is -0.0808 e. The molecule has 0 N–H and O–H groups in total. The molecule has 3 unspecified atom stereocenters. The zero-order valence-corrected chi connectivity index (χ0v) is 11.9. The Labute approximate surface area is 117 Å². The molecule has 1 aromatic carbocycles. The van der Waals surface area contributed by atoms with Crippen LogP contribution in [0.15, 0.2) is 48.6 Å². The van der Waals surface area contributed by atoms with E-state index in [0.29, 0.717) is 0 Å². The molecule has 0 saturated carbocycles. The van der Waals surface area contributed by atoms with Crippen molar-refractivity contribution in [1.82, 2.24) is 0 Å². The zero-order valence-electron chi connectivity index (χ0n) is 11.9. The van der Waals surface area contributed by atoms with E-state index >= 15 is 0 Å². The van der Waals surface area contributed by atoms with Gasteiger partial charge in [-0.2, -0.15) is 0 Å². The van der Waals surface area contributed by atoms with Gasteiger partial charge in [-0.25, -0.2) is 0 Å². The lowest BCUT2D eigenvalue weighted by atomic mass is 9.81. The fourth-order valence-corrected chi connectivity index (χ4v) is 3.78. The van der Waals surface area contributed by atoms with Gasteiger partial charge in [-0.15, -0.1) is 0 Å². The van der Waals surface area contributed by atoms with Crippen LogP contribution in [-0.4, -0.2) is 0 Å². The van der Waals surface area contributed by atoms with Crippen LogP contribution in [0.2, 0.25) is 0 Å². The number of fused-ring (bicyclic) bond motifs is 2. The molecule has 3 atom stereocenters. The van der Waals surface area contributed by atoms with Gasteiger partial charge in [0.15, 0.2) is 0 Å². The molecule has 0 saturated heterocycles. The highest BCUT2D eigenvalue weighted by atomic mass is 14.3. The predicted molar refractivity (Wildman–Crippen MR) is 82.3 cm³/mol. The standard InChI is InChI=1S/C19H24/c1-2-15-11-12-16-7-3-4-8-17(16)13-14-18-9-5-6-10-19(15)18/h3-10,15-17H,2,11-14H2,1H3. The Morgan fingerprint density at radius 3 is 2.47 bits per heavy atom. The highest BCUT2D eigenvalue weighted by Gasteiger charge is 2.23. The van der Waals surface area contributed by atoms with Gasteiger partial charge in [0.1, 0.15) is 0 Å². The van der Waals surface area contributed by atoms with Gasteiger partial charge < -0.3 is 0 Å². The lowest BCUT2D eigenvalue weighted by molar-refractivity contribution is 0.397. The molecule has 100 valence electrons. The summed E-state index contributed by atoms with van der Waals surface area (Å²) in [5.41, 5.74) is 3.22. The molecule has 2 aliphatic carbocycles. The summed E-state index contributed by atoms with van der Waals surface area (Å²) >= 11 is 0. The van der Waals surface area contributed by atoms with E-state index in [1.165, 1.54) is 32.1 Å². The van der Waals surface area contributed by atoms with E-state index in [-0.39, 0.29) is 0 Å². The van der Waals surface area contributed by atoms with Crippen LogP contribution in [0.1, 0.15) is 49.7 Å². The molecule has 0 aromatic heterocycles. The fraction of sp³-hybridized carbons (Fsp3) is 0.474. The van der Waals surface area contributed by atoms with Crippen LogP contribution in [-0.2, 0) is 6.42 Å². The second-order valence-corrected chi connectivity index (χ2v) is 6.02. The van der Waals surface area contributed by atoms with Crippen LogP contribution in [0.25, 0.3) is 0 Å². The molecule has 0 radical (unpaired) electrons. The highest BCUT2D eigenvalue weighted by molar-refractivity contribution is 5.31. The lowest BCUT2D eigenvalue weighted by Gasteiger charge is -2.24. The third kappa shape index (κ3) is 2.68. The quantitative estimate of drug-likeness (QED) is 0.639. The SMILES string of the molecule is CCC1CCC2C=CC=CC2CCc2ccccc21. The minimum atomic E-state index is 0.758. The third-order valence-electron chi connectivity index (χ3n) is 4.96. The first kappa shape index (κ1) is 12.7. The number of hydrogen-bond donors (Lipinski definition) is 0. The molecular formula is C19H24. The second-order valence-electron chi connectivity index (χ2n) is 6.02. The van der Waals surface area contributed by atoms with Crippen LogP contribution in [0, 0.1) is 11.8 Å². The normalized spacial score (nSPS) is 29.8. The van der Waals surface area contributed by atoms with Gasteiger partial charge in [0.25, 0.3) is 0 Å². The highest BCUT2D eigenvalue weighted by Crippen LogP contribution is 2.37. The van der Waals surface area contributed by atoms with Crippen molar-refractivity contribution in [3.8, 4) is 0 Å². The van der Waals surface area contributed by atoms with Crippen molar-refractivity contribution in [2.45, 2.75) is 44.9 Å². The fourth-order valence-electron chi connectivity index (χ4n) is 3.78. The maximum absolute atomic E-state index is 2.44. The molecule has 0 amide bonds. The van der Waals surface area contributed by atoms with Crippen LogP contribution in [0.4, 0.5) is 0 Å². The second kappa shape index (κ2) is 5.77. The van der Waals surface area contributed by atoms with Gasteiger partial charge in [0, 0.05) is 0 Å². The van der Waals surface area contributed by atoms with Gasteiger partial charge in [-0.05, 0) is 61.0 Å². The summed E-state index contributed by atoms with van der Waals surface area (Å²) in [7, 11) is 0. The summed E-state index contributed by atoms with van der Waals surface area (Å²) < 4.78 is 0. The van der Waals surface area contributed by atoms with Gasteiger partial charge in [-0.3, -0.25) is 0 Å². The smallest absolute Gasteiger partial charge is 0.0162 e. The lowest BCUT2D eigenvalue weighted by Crippen LogP contribution is -2.13. The summed E-state index contributed by atoms with van der Waals surface area (Å²) in [6.45, 7) is 2.34. The molecule has 0 nitrogen and oxygen atoms in total. The molecule has 1 aromatic rings. The minimum absolute atomic E-state index is 0.758. The van der Waals surface area contributed by atoms with E-state index in [1.54, 1.807) is 11.1 Å². The number of aryl methyl sites for hydroxylation is 1. The Morgan fingerprint density at radius 1 is 0.947 bits per heavy atom. The van der Waals surface area contributed by atoms with Crippen molar-refractivity contribution in [3.63, 3.8) is 0 Å². The van der Waals surface area contributed by atoms with Gasteiger partial charge >= 0.3 is 0 Å². The summed E-state index contributed by atoms with van der Waals surface area (Å²) in [5.74, 6) is 2.29. The number of benzene rings is 1. The Balaban J connectivity index is 1.90. The van der Waals surface area contributed by atoms with E-state index in [9.17, 15) is 0 Å². The maximum atomic E-state index is 2.44. The van der Waals surface area contributed by atoms with Crippen molar-refractivity contribution in [3.05, 3.63) is 59.7 Å². The van der Waals surface area contributed by atoms with Gasteiger partial charge in [0.2, 0.25) is 0 Å². The molecular weight excluding hydrogens is 228 g/mol. The number of hydrogen-bond acceptors (Lipinski definition) is 0. The Kier molecular flexibility index (Phi) is 3.87. The monoisotopic (exact) mass is 252 g/mol. The van der Waals surface area contributed by atoms with Crippen LogP contribution in [0.3, 0.4) is 0 Å². The first-order chi connectivity index (χ1) is 9.38. The predicted octanol–water partition coefficient (Wildman–Crippen LogP) is 5.27. The summed E-state index contributed by atoms with van der Waals surface area (Å²) in [6.07, 6.45) is 15.9. The van der Waals surface area contributed by atoms with Crippen molar-refractivity contribution in [2.75, 3.05) is 0 Å². The van der Waals surface area contributed by atoms with E-state index < -0.39 is 0 Å². The Morgan fingerprint density at radius 2 is 1.68 bits per heavy atom. The first-order valence-electron chi connectivity index (χ1n) is 7.81. The summed E-state index contributed by atoms with van der Waals surface area (Å²) in [4.78, 5) is 0. The van der Waals surface area contributed by atoms with Crippen LogP contribution < -0.4 is 0 Å². The average molecular weight is 252 g/mol. The van der Waals surface area contributed by atoms with Gasteiger partial charge in [0.05, 0.1) is 0 Å². The molecule has 3 rings (SSSR count). The average Bonchev–Trinajstić information content (AvgIpc) is 2.54. The molecule has 19 heavy (non-hydrogen) atoms. The van der Waals surface area contributed by atoms with Crippen LogP contribution in [0.5, 0.6) is 0 Å². The topological polar surface area (TPSA) is 0 Å². The maximum Gasteiger partial charge on any atom is -0.0162 e. The van der Waals surface area contributed by atoms with E-state index in [2.05, 4.69) is 55.5 Å². The molecule has 0 spiro atoms. The largest absolute Gasteiger partial charge is 0.0808 e. The van der Waals surface area contributed by atoms with Crippen LogP contribution >= 0.6 is 0 Å². The van der Waals surface area contributed by atoms with E-state index in [0.717, 1.165) is 17.8 Å². The molecule has 2 aliphatic rings. The third-order valence-corrected chi connectivity index (χ3v) is 4.96. The molecule has 0 aliphatic heterocycles. The van der Waals surface area contributed by atoms with E-state index in [1.807, 2.05) is 0 Å². The van der Waals surface area contributed by atoms with Crippen molar-refractivity contribution >= 4 is 0 Å². The number of allylic oxidation sites excluding steroid dienone is 4. The molecule has 0 heteroatoms. The van der Waals surface area contributed by atoms with E-state index in [4.69, 9.17) is 0 Å². The van der Waals surface area contributed by atoms with Crippen molar-refractivity contribution in [2.24, 2.45) is 11.8 Å². The molecule has 0 bridgehead atoms. The Bertz CT molecular complexity index is 481. The molecule has 0 fully saturated rings. The number of rotatable bonds is 1. The molecule has 0 heterocycles. The van der Waals surface area contributed by atoms with Crippen molar-refractivity contribution < 1.29 is 0 Å².